The Morgan fingerprint density at radius 1 is 0.929 bits per heavy atom. The van der Waals surface area contributed by atoms with Gasteiger partial charge in [-0.3, -0.25) is 14.5 Å². The van der Waals surface area contributed by atoms with Gasteiger partial charge in [0.2, 0.25) is 5.91 Å². The van der Waals surface area contributed by atoms with Gasteiger partial charge in [-0.15, -0.1) is 0 Å². The molecule has 2 aromatic rings. The summed E-state index contributed by atoms with van der Waals surface area (Å²) in [4.78, 5) is 31.0. The Bertz CT molecular complexity index is 825. The van der Waals surface area contributed by atoms with Crippen LogP contribution in [0.15, 0.2) is 60.7 Å². The van der Waals surface area contributed by atoms with E-state index in [0.717, 1.165) is 5.69 Å². The van der Waals surface area contributed by atoms with Gasteiger partial charge in [0.15, 0.2) is 0 Å². The number of nitrogens with zero attached hydrogens (tertiary/aromatic N) is 4. The fourth-order valence-electron chi connectivity index (χ4n) is 3.32. The summed E-state index contributed by atoms with van der Waals surface area (Å²) < 4.78 is 0. The van der Waals surface area contributed by atoms with E-state index < -0.39 is 0 Å². The van der Waals surface area contributed by atoms with E-state index in [9.17, 15) is 9.59 Å². The fraction of sp³-hybridized carbons (Fsp3) is 0.318. The average molecular weight is 376 g/mol. The van der Waals surface area contributed by atoms with Crippen LogP contribution in [0.1, 0.15) is 16.8 Å². The smallest absolute Gasteiger partial charge is 0.253 e. The van der Waals surface area contributed by atoms with Crippen molar-refractivity contribution >= 4 is 17.5 Å². The van der Waals surface area contributed by atoms with Gasteiger partial charge in [-0.2, -0.15) is 5.26 Å². The minimum absolute atomic E-state index is 0.0238. The SMILES string of the molecule is N#CCCN(C(=O)CN1CCN(C(=O)c2ccccc2)CC1)c1ccccc1. The highest BCUT2D eigenvalue weighted by atomic mass is 16.2. The van der Waals surface area contributed by atoms with Crippen LogP contribution in [0.5, 0.6) is 0 Å². The van der Waals surface area contributed by atoms with Gasteiger partial charge in [0.05, 0.1) is 19.0 Å². The highest BCUT2D eigenvalue weighted by molar-refractivity contribution is 5.95. The Labute approximate surface area is 165 Å². The molecule has 6 nitrogen and oxygen atoms in total. The molecule has 144 valence electrons. The van der Waals surface area contributed by atoms with E-state index in [-0.39, 0.29) is 18.4 Å². The lowest BCUT2D eigenvalue weighted by molar-refractivity contribution is -0.120. The summed E-state index contributed by atoms with van der Waals surface area (Å²) in [7, 11) is 0. The van der Waals surface area contributed by atoms with Crippen LogP contribution in [-0.2, 0) is 4.79 Å². The second-order valence-corrected chi connectivity index (χ2v) is 6.72. The second-order valence-electron chi connectivity index (χ2n) is 6.72. The number of amides is 2. The maximum Gasteiger partial charge on any atom is 0.253 e. The third-order valence-corrected chi connectivity index (χ3v) is 4.86. The molecule has 3 rings (SSSR count). The summed E-state index contributed by atoms with van der Waals surface area (Å²) in [5, 5.41) is 8.90. The number of piperazine rings is 1. The first-order valence-electron chi connectivity index (χ1n) is 9.48. The normalized spacial score (nSPS) is 14.3. The molecule has 2 aromatic carbocycles. The van der Waals surface area contributed by atoms with Crippen LogP contribution in [0.3, 0.4) is 0 Å². The number of benzene rings is 2. The third-order valence-electron chi connectivity index (χ3n) is 4.86. The number of carbonyl (C=O) groups excluding carboxylic acids is 2. The molecule has 0 atom stereocenters. The Morgan fingerprint density at radius 3 is 2.14 bits per heavy atom. The number of hydrogen-bond donors (Lipinski definition) is 0. The van der Waals surface area contributed by atoms with E-state index in [4.69, 9.17) is 5.26 Å². The Morgan fingerprint density at radius 2 is 1.54 bits per heavy atom. The molecule has 6 heteroatoms. The molecule has 0 bridgehead atoms. The van der Waals surface area contributed by atoms with E-state index in [2.05, 4.69) is 11.0 Å². The van der Waals surface area contributed by atoms with E-state index in [1.54, 1.807) is 4.90 Å². The van der Waals surface area contributed by atoms with Gasteiger partial charge in [-0.25, -0.2) is 0 Å². The first-order chi connectivity index (χ1) is 13.7. The molecule has 0 spiro atoms. The zero-order chi connectivity index (χ0) is 19.8. The van der Waals surface area contributed by atoms with Crippen LogP contribution < -0.4 is 4.90 Å². The van der Waals surface area contributed by atoms with Crippen molar-refractivity contribution in [1.82, 2.24) is 9.80 Å². The predicted octanol–water partition coefficient (Wildman–Crippen LogP) is 2.39. The molecule has 0 N–H and O–H groups in total. The van der Waals surface area contributed by atoms with Crippen molar-refractivity contribution in [3.8, 4) is 6.07 Å². The Balaban J connectivity index is 1.56. The van der Waals surface area contributed by atoms with Crippen molar-refractivity contribution < 1.29 is 9.59 Å². The lowest BCUT2D eigenvalue weighted by atomic mass is 10.2. The predicted molar refractivity (Wildman–Crippen MR) is 108 cm³/mol. The molecule has 0 saturated carbocycles. The fourth-order valence-corrected chi connectivity index (χ4v) is 3.32. The largest absolute Gasteiger partial charge is 0.336 e. The number of nitriles is 1. The summed E-state index contributed by atoms with van der Waals surface area (Å²) in [5.41, 5.74) is 1.50. The first-order valence-corrected chi connectivity index (χ1v) is 9.48. The number of anilines is 1. The zero-order valence-electron chi connectivity index (χ0n) is 15.8. The van der Waals surface area contributed by atoms with E-state index in [0.29, 0.717) is 44.7 Å². The lowest BCUT2D eigenvalue weighted by Gasteiger charge is -2.35. The maximum absolute atomic E-state index is 12.8. The number of rotatable bonds is 6. The van der Waals surface area contributed by atoms with Gasteiger partial charge in [0, 0.05) is 44.0 Å². The van der Waals surface area contributed by atoms with Gasteiger partial charge >= 0.3 is 0 Å². The molecule has 0 aliphatic carbocycles. The summed E-state index contributed by atoms with van der Waals surface area (Å²) >= 11 is 0. The molecule has 0 radical (unpaired) electrons. The summed E-state index contributed by atoms with van der Waals surface area (Å²) in [6, 6.07) is 20.8. The first kappa shape index (κ1) is 19.6. The lowest BCUT2D eigenvalue weighted by Crippen LogP contribution is -2.51. The molecule has 1 aliphatic rings. The van der Waals surface area contributed by atoms with Crippen LogP contribution in [0.25, 0.3) is 0 Å². The van der Waals surface area contributed by atoms with Crippen LogP contribution in [-0.4, -0.2) is 60.9 Å². The van der Waals surface area contributed by atoms with Crippen LogP contribution in [0.2, 0.25) is 0 Å². The number of carbonyl (C=O) groups is 2. The minimum Gasteiger partial charge on any atom is -0.336 e. The average Bonchev–Trinajstić information content (AvgIpc) is 2.75. The van der Waals surface area contributed by atoms with Crippen LogP contribution in [0.4, 0.5) is 5.69 Å². The zero-order valence-corrected chi connectivity index (χ0v) is 15.8. The van der Waals surface area contributed by atoms with Gasteiger partial charge in [-0.05, 0) is 24.3 Å². The number of para-hydroxylation sites is 1. The summed E-state index contributed by atoms with van der Waals surface area (Å²) in [6.07, 6.45) is 0.292. The number of hydrogen-bond acceptors (Lipinski definition) is 4. The van der Waals surface area contributed by atoms with Crippen molar-refractivity contribution in [3.05, 3.63) is 66.2 Å². The van der Waals surface area contributed by atoms with Crippen LogP contribution in [0, 0.1) is 11.3 Å². The second kappa shape index (κ2) is 9.67. The highest BCUT2D eigenvalue weighted by Crippen LogP contribution is 2.15. The van der Waals surface area contributed by atoms with Crippen molar-refractivity contribution in [3.63, 3.8) is 0 Å². The third kappa shape index (κ3) is 4.96. The van der Waals surface area contributed by atoms with Crippen molar-refractivity contribution in [2.75, 3.05) is 44.2 Å². The van der Waals surface area contributed by atoms with Gasteiger partial charge in [0.1, 0.15) is 0 Å². The monoisotopic (exact) mass is 376 g/mol. The summed E-state index contributed by atoms with van der Waals surface area (Å²) in [6.45, 7) is 3.19. The molecular weight excluding hydrogens is 352 g/mol. The maximum atomic E-state index is 12.8. The molecule has 28 heavy (non-hydrogen) atoms. The van der Waals surface area contributed by atoms with E-state index in [1.807, 2.05) is 65.6 Å². The topological polar surface area (TPSA) is 67.7 Å². The molecule has 1 fully saturated rings. The Kier molecular flexibility index (Phi) is 6.77. The van der Waals surface area contributed by atoms with Crippen LogP contribution >= 0.6 is 0 Å². The van der Waals surface area contributed by atoms with E-state index >= 15 is 0 Å². The molecule has 1 saturated heterocycles. The summed E-state index contributed by atoms with van der Waals surface area (Å²) in [5.74, 6) is 0.01000. The minimum atomic E-state index is -0.0238. The highest BCUT2D eigenvalue weighted by Gasteiger charge is 2.25. The standard InChI is InChI=1S/C22H24N4O2/c23-12-7-13-26(20-10-5-2-6-11-20)21(27)18-24-14-16-25(17-15-24)22(28)19-8-3-1-4-9-19/h1-6,8-11H,7,13-18H2. The van der Waals surface area contributed by atoms with E-state index in [1.165, 1.54) is 0 Å². The molecule has 0 unspecified atom stereocenters. The molecule has 2 amide bonds. The van der Waals surface area contributed by atoms with Gasteiger partial charge < -0.3 is 9.80 Å². The quantitative estimate of drug-likeness (QED) is 0.776. The molecular formula is C22H24N4O2. The van der Waals surface area contributed by atoms with Crippen molar-refractivity contribution in [2.45, 2.75) is 6.42 Å². The molecule has 1 heterocycles. The molecule has 0 aromatic heterocycles. The van der Waals surface area contributed by atoms with Gasteiger partial charge in [-0.1, -0.05) is 36.4 Å². The van der Waals surface area contributed by atoms with Gasteiger partial charge in [0.25, 0.3) is 5.91 Å². The molecule has 1 aliphatic heterocycles. The Hall–Kier alpha value is -3.17. The van der Waals surface area contributed by atoms with Crippen molar-refractivity contribution in [1.29, 1.82) is 5.26 Å². The van der Waals surface area contributed by atoms with Crippen molar-refractivity contribution in [2.24, 2.45) is 0 Å².